The average molecular weight is 872 g/mol. The van der Waals surface area contributed by atoms with E-state index in [9.17, 15) is 14.4 Å². The molecule has 2 aliphatic heterocycles. The molecule has 0 aliphatic carbocycles. The summed E-state index contributed by atoms with van der Waals surface area (Å²) in [5.74, 6) is 1.64. The van der Waals surface area contributed by atoms with Crippen LogP contribution in [0.15, 0.2) is 91.8 Å². The summed E-state index contributed by atoms with van der Waals surface area (Å²) in [4.78, 5) is 52.7. The number of aromatic nitrogens is 4. The largest absolute Gasteiger partial charge is 0.457 e. The molecule has 4 heterocycles. The maximum Gasteiger partial charge on any atom is 0.261 e. The molecule has 2 unspecified atom stereocenters. The first-order chi connectivity index (χ1) is 31.3. The molecule has 3 aromatic carbocycles. The number of likely N-dealkylation sites (tertiary alicyclic amines) is 1. The molecule has 15 nitrogen and oxygen atoms in total. The Hall–Kier alpha value is -6.16. The summed E-state index contributed by atoms with van der Waals surface area (Å²) < 4.78 is 20.1. The first-order valence-electron chi connectivity index (χ1n) is 22.4. The zero-order valence-electron chi connectivity index (χ0n) is 37.1. The number of rotatable bonds is 21. The highest BCUT2D eigenvalue weighted by Crippen LogP contribution is 2.35. The summed E-state index contributed by atoms with van der Waals surface area (Å²) in [6, 6.07) is 22.5. The molecule has 0 saturated carbocycles. The topological polar surface area (TPSA) is 170 Å². The van der Waals surface area contributed by atoms with Crippen LogP contribution in [-0.2, 0) is 19.1 Å². The van der Waals surface area contributed by atoms with Gasteiger partial charge in [-0.3, -0.25) is 24.2 Å². The number of nitrogen functional groups attached to an aromatic ring is 1. The third-order valence-electron chi connectivity index (χ3n) is 12.3. The molecule has 2 aromatic heterocycles. The fourth-order valence-corrected chi connectivity index (χ4v) is 8.76. The molecule has 0 radical (unpaired) electrons. The predicted molar refractivity (Wildman–Crippen MR) is 248 cm³/mol. The van der Waals surface area contributed by atoms with Crippen molar-refractivity contribution in [1.29, 1.82) is 0 Å². The van der Waals surface area contributed by atoms with Gasteiger partial charge in [-0.15, -0.1) is 6.58 Å². The summed E-state index contributed by atoms with van der Waals surface area (Å²) in [7, 11) is 1.50. The zero-order valence-corrected chi connectivity index (χ0v) is 37.1. The third kappa shape index (κ3) is 11.3. The number of carbonyl (C=O) groups is 3. The number of nitrogens with one attached hydrogen (secondary N) is 1. The molecule has 2 saturated heterocycles. The van der Waals surface area contributed by atoms with Crippen LogP contribution in [0.5, 0.6) is 11.5 Å². The van der Waals surface area contributed by atoms with Gasteiger partial charge in [-0.1, -0.05) is 24.3 Å². The zero-order chi connectivity index (χ0) is 44.8. The van der Waals surface area contributed by atoms with E-state index in [0.29, 0.717) is 63.0 Å². The Kier molecular flexibility index (Phi) is 16.1. The standard InChI is InChI=1S/C49H61N9O6/c1-4-5-13-43(48(60)51-3)57(34-59)49(61)42-19-16-38(31-35(42)2)56-24-20-36(21-25-56)22-27-62-29-30-63-28-26-55-23-9-10-39(32-55)58-47-44(46(50)52-33-53-47)45(54-58)37-14-17-41(18-15-37)64-40-11-7-6-8-12-40/h4,6-8,11-12,14-19,31,33-34,36,39,43H,1,5,9-10,13,20-30,32H2,2-3H3,(H,51,60)(H2,50,52,53). The van der Waals surface area contributed by atoms with E-state index in [0.717, 1.165) is 115 Å². The number of hydrogen-bond donors (Lipinski definition) is 2. The lowest BCUT2D eigenvalue weighted by Gasteiger charge is -2.34. The number of carbonyl (C=O) groups excluding carboxylic acids is 3. The molecule has 15 heteroatoms. The van der Waals surface area contributed by atoms with Crippen molar-refractivity contribution in [1.82, 2.24) is 34.9 Å². The maximum absolute atomic E-state index is 13.4. The fraction of sp³-hybridized carbons (Fsp3) is 0.429. The van der Waals surface area contributed by atoms with Crippen LogP contribution in [0.4, 0.5) is 11.5 Å². The molecule has 2 aliphatic rings. The Morgan fingerprint density at radius 3 is 2.42 bits per heavy atom. The smallest absolute Gasteiger partial charge is 0.261 e. The van der Waals surface area contributed by atoms with Crippen LogP contribution in [0.1, 0.15) is 66.9 Å². The van der Waals surface area contributed by atoms with Crippen molar-refractivity contribution in [2.75, 3.05) is 76.8 Å². The number of amides is 3. The second-order valence-electron chi connectivity index (χ2n) is 16.5. The fourth-order valence-electron chi connectivity index (χ4n) is 8.76. The van der Waals surface area contributed by atoms with Gasteiger partial charge in [0.2, 0.25) is 12.3 Å². The van der Waals surface area contributed by atoms with Gasteiger partial charge in [-0.05, 0) is 124 Å². The minimum absolute atomic E-state index is 0.138. The van der Waals surface area contributed by atoms with E-state index in [-0.39, 0.29) is 11.9 Å². The number of nitrogens with zero attached hydrogens (tertiary/aromatic N) is 7. The van der Waals surface area contributed by atoms with Crippen LogP contribution in [0.25, 0.3) is 22.3 Å². The molecule has 338 valence electrons. The van der Waals surface area contributed by atoms with Crippen molar-refractivity contribution < 1.29 is 28.6 Å². The number of ether oxygens (including phenoxy) is 3. The number of nitrogens with two attached hydrogens (primary N) is 1. The Balaban J connectivity index is 0.810. The molecule has 0 bridgehead atoms. The van der Waals surface area contributed by atoms with Crippen LogP contribution < -0.4 is 20.7 Å². The van der Waals surface area contributed by atoms with Gasteiger partial charge in [0.1, 0.15) is 35.4 Å². The number of allylic oxidation sites excluding steroid dienone is 1. The number of benzene rings is 3. The first kappa shape index (κ1) is 45.9. The van der Waals surface area contributed by atoms with Crippen LogP contribution in [0, 0.1) is 12.8 Å². The van der Waals surface area contributed by atoms with Crippen molar-refractivity contribution in [2.45, 2.75) is 64.0 Å². The molecular formula is C49H61N9O6. The highest BCUT2D eigenvalue weighted by Gasteiger charge is 2.31. The molecule has 3 N–H and O–H groups in total. The van der Waals surface area contributed by atoms with Crippen LogP contribution in [0.3, 0.4) is 0 Å². The Bertz CT molecular complexity index is 2330. The summed E-state index contributed by atoms with van der Waals surface area (Å²) >= 11 is 0. The molecular weight excluding hydrogens is 811 g/mol. The van der Waals surface area contributed by atoms with E-state index < -0.39 is 11.9 Å². The van der Waals surface area contributed by atoms with Crippen molar-refractivity contribution >= 4 is 40.8 Å². The SMILES string of the molecule is C=CCCC(C(=O)NC)N(C=O)C(=O)c1ccc(N2CCC(CCOCCOCCN3CCCC(n4nc(-c5ccc(Oc6ccccc6)cc5)c5c(N)ncnc54)C3)CC2)cc1C. The van der Waals surface area contributed by atoms with Crippen molar-refractivity contribution in [2.24, 2.45) is 5.92 Å². The molecule has 0 spiro atoms. The van der Waals surface area contributed by atoms with Crippen molar-refractivity contribution in [3.05, 3.63) is 103 Å². The van der Waals surface area contributed by atoms with E-state index in [1.165, 1.54) is 13.4 Å². The number of para-hydroxylation sites is 1. The Labute approximate surface area is 375 Å². The van der Waals surface area contributed by atoms with Crippen molar-refractivity contribution in [3.8, 4) is 22.8 Å². The Morgan fingerprint density at radius 1 is 0.953 bits per heavy atom. The first-order valence-corrected chi connectivity index (χ1v) is 22.4. The average Bonchev–Trinajstić information content (AvgIpc) is 3.72. The maximum atomic E-state index is 13.4. The Morgan fingerprint density at radius 2 is 1.70 bits per heavy atom. The van der Waals surface area contributed by atoms with Crippen LogP contribution in [-0.4, -0.2) is 120 Å². The quantitative estimate of drug-likeness (QED) is 0.0448. The molecule has 5 aromatic rings. The lowest BCUT2D eigenvalue weighted by atomic mass is 9.93. The molecule has 2 atom stereocenters. The highest BCUT2D eigenvalue weighted by atomic mass is 16.5. The van der Waals surface area contributed by atoms with Gasteiger partial charge in [-0.25, -0.2) is 14.6 Å². The number of likely N-dealkylation sites (N-methyl/N-ethyl adjacent to an activating group) is 1. The lowest BCUT2D eigenvalue weighted by Crippen LogP contribution is -2.48. The number of imide groups is 1. The van der Waals surface area contributed by atoms with Gasteiger partial charge in [-0.2, -0.15) is 5.10 Å². The molecule has 64 heavy (non-hydrogen) atoms. The van der Waals surface area contributed by atoms with Gasteiger partial charge < -0.3 is 30.2 Å². The van der Waals surface area contributed by atoms with Crippen molar-refractivity contribution in [3.63, 3.8) is 0 Å². The van der Waals surface area contributed by atoms with Gasteiger partial charge in [0, 0.05) is 56.6 Å². The second-order valence-corrected chi connectivity index (χ2v) is 16.5. The lowest BCUT2D eigenvalue weighted by molar-refractivity contribution is -0.130. The number of piperidine rings is 2. The number of hydrogen-bond acceptors (Lipinski definition) is 12. The number of fused-ring (bicyclic) bond motifs is 1. The van der Waals surface area contributed by atoms with Gasteiger partial charge in [0.25, 0.3) is 5.91 Å². The predicted octanol–water partition coefficient (Wildman–Crippen LogP) is 6.83. The molecule has 3 amide bonds. The van der Waals surface area contributed by atoms with E-state index in [1.807, 2.05) is 78.3 Å². The van der Waals surface area contributed by atoms with Gasteiger partial charge in [0.05, 0.1) is 31.2 Å². The third-order valence-corrected chi connectivity index (χ3v) is 12.3. The minimum atomic E-state index is -0.899. The summed E-state index contributed by atoms with van der Waals surface area (Å²) in [5, 5.41) is 8.43. The van der Waals surface area contributed by atoms with Gasteiger partial charge in [0.15, 0.2) is 5.65 Å². The summed E-state index contributed by atoms with van der Waals surface area (Å²) in [5.41, 5.74) is 11.1. The second kappa shape index (κ2) is 22.5. The minimum Gasteiger partial charge on any atom is -0.457 e. The van der Waals surface area contributed by atoms with Gasteiger partial charge >= 0.3 is 0 Å². The summed E-state index contributed by atoms with van der Waals surface area (Å²) in [6.07, 6.45) is 9.59. The van der Waals surface area contributed by atoms with Crippen LogP contribution >= 0.6 is 0 Å². The van der Waals surface area contributed by atoms with E-state index in [4.69, 9.17) is 25.0 Å². The van der Waals surface area contributed by atoms with Crippen LogP contribution in [0.2, 0.25) is 0 Å². The van der Waals surface area contributed by atoms with E-state index in [1.54, 1.807) is 12.1 Å². The monoisotopic (exact) mass is 871 g/mol. The summed E-state index contributed by atoms with van der Waals surface area (Å²) in [6.45, 7) is 12.5. The van der Waals surface area contributed by atoms with E-state index in [2.05, 4.69) is 31.7 Å². The normalized spacial score (nSPS) is 16.3. The number of aryl methyl sites for hydroxylation is 1. The van der Waals surface area contributed by atoms with E-state index >= 15 is 0 Å². The number of anilines is 2. The highest BCUT2D eigenvalue weighted by molar-refractivity contribution is 6.04. The molecule has 2 fully saturated rings. The molecule has 7 rings (SSSR count).